The zero-order valence-corrected chi connectivity index (χ0v) is 21.8. The second kappa shape index (κ2) is 11.8. The maximum atomic E-state index is 13.2. The van der Waals surface area contributed by atoms with Crippen LogP contribution < -0.4 is 10.1 Å². The number of rotatable bonds is 9. The molecule has 0 spiro atoms. The summed E-state index contributed by atoms with van der Waals surface area (Å²) < 4.78 is 5.75. The van der Waals surface area contributed by atoms with E-state index in [2.05, 4.69) is 26.1 Å². The van der Waals surface area contributed by atoms with Crippen molar-refractivity contribution >= 4 is 35.0 Å². The molecule has 0 saturated carbocycles. The first-order chi connectivity index (χ1) is 15.4. The first kappa shape index (κ1) is 27.0. The van der Waals surface area contributed by atoms with E-state index < -0.39 is 6.04 Å². The van der Waals surface area contributed by atoms with Crippen LogP contribution in [0.15, 0.2) is 42.5 Å². The van der Waals surface area contributed by atoms with Gasteiger partial charge in [0.25, 0.3) is 5.91 Å². The maximum Gasteiger partial charge on any atom is 0.261 e. The summed E-state index contributed by atoms with van der Waals surface area (Å²) in [5, 5.41) is 3.76. The molecular weight excluding hydrogens is 459 g/mol. The second-order valence-electron chi connectivity index (χ2n) is 9.60. The molecule has 2 aromatic carbocycles. The molecule has 0 unspecified atom stereocenters. The highest BCUT2D eigenvalue weighted by Crippen LogP contribution is 2.27. The van der Waals surface area contributed by atoms with E-state index in [1.165, 1.54) is 10.5 Å². The average Bonchev–Trinajstić information content (AvgIpc) is 2.75. The van der Waals surface area contributed by atoms with Crippen LogP contribution in [0, 0.1) is 5.92 Å². The number of hydrogen-bond acceptors (Lipinski definition) is 3. The fourth-order valence-electron chi connectivity index (χ4n) is 3.17. The number of hydrogen-bond donors (Lipinski definition) is 1. The molecule has 2 amide bonds. The van der Waals surface area contributed by atoms with Gasteiger partial charge < -0.3 is 15.0 Å². The molecule has 0 heterocycles. The Balaban J connectivity index is 2.19. The summed E-state index contributed by atoms with van der Waals surface area (Å²) in [4.78, 5) is 27.4. The van der Waals surface area contributed by atoms with Gasteiger partial charge in [0, 0.05) is 28.7 Å². The lowest BCUT2D eigenvalue weighted by atomic mass is 9.87. The lowest BCUT2D eigenvalue weighted by Gasteiger charge is -2.29. The summed E-state index contributed by atoms with van der Waals surface area (Å²) in [5.41, 5.74) is 1.79. The van der Waals surface area contributed by atoms with Crippen molar-refractivity contribution in [3.05, 3.63) is 63.6 Å². The third kappa shape index (κ3) is 7.94. The zero-order chi connectivity index (χ0) is 24.8. The van der Waals surface area contributed by atoms with Crippen molar-refractivity contribution < 1.29 is 14.3 Å². The van der Waals surface area contributed by atoms with Gasteiger partial charge in [0.2, 0.25) is 5.91 Å². The molecule has 0 bridgehead atoms. The molecule has 2 aromatic rings. The largest absolute Gasteiger partial charge is 0.484 e. The monoisotopic (exact) mass is 492 g/mol. The van der Waals surface area contributed by atoms with Crippen LogP contribution in [0.4, 0.5) is 0 Å². The minimum Gasteiger partial charge on any atom is -0.484 e. The summed E-state index contributed by atoms with van der Waals surface area (Å²) in [6.07, 6.45) is 0. The number of carbonyl (C=O) groups excluding carboxylic acids is 2. The minimum atomic E-state index is -0.726. The van der Waals surface area contributed by atoms with Crippen molar-refractivity contribution in [2.45, 2.75) is 59.5 Å². The molecule has 1 atom stereocenters. The number of benzene rings is 2. The quantitative estimate of drug-likeness (QED) is 0.476. The van der Waals surface area contributed by atoms with E-state index in [1.54, 1.807) is 25.1 Å². The molecule has 0 saturated heterocycles. The number of ether oxygens (including phenoxy) is 1. The molecule has 33 heavy (non-hydrogen) atoms. The smallest absolute Gasteiger partial charge is 0.261 e. The first-order valence-corrected chi connectivity index (χ1v) is 11.9. The summed E-state index contributed by atoms with van der Waals surface area (Å²) in [5.74, 6) is 0.305. The fraction of sp³-hybridized carbons (Fsp3) is 0.462. The molecular formula is C26H34Cl2N2O3. The van der Waals surface area contributed by atoms with E-state index in [-0.39, 0.29) is 30.4 Å². The van der Waals surface area contributed by atoms with Gasteiger partial charge in [-0.3, -0.25) is 9.59 Å². The van der Waals surface area contributed by atoms with Gasteiger partial charge in [0.1, 0.15) is 11.8 Å². The van der Waals surface area contributed by atoms with Crippen molar-refractivity contribution in [2.24, 2.45) is 5.92 Å². The predicted molar refractivity (Wildman–Crippen MR) is 135 cm³/mol. The Labute approximate surface area is 207 Å². The van der Waals surface area contributed by atoms with Gasteiger partial charge in [-0.2, -0.15) is 0 Å². The molecule has 0 fully saturated rings. The number of halogens is 2. The minimum absolute atomic E-state index is 0.0259. The van der Waals surface area contributed by atoms with Crippen LogP contribution in [0.2, 0.25) is 10.0 Å². The fourth-order valence-corrected chi connectivity index (χ4v) is 3.68. The normalized spacial score (nSPS) is 12.4. The Morgan fingerprint density at radius 2 is 1.58 bits per heavy atom. The highest BCUT2D eigenvalue weighted by atomic mass is 35.5. The highest BCUT2D eigenvalue weighted by Gasteiger charge is 2.28. The number of nitrogens with one attached hydrogen (secondary N) is 1. The van der Waals surface area contributed by atoms with Crippen LogP contribution in [-0.2, 0) is 21.5 Å². The Morgan fingerprint density at radius 1 is 1.00 bits per heavy atom. The second-order valence-corrected chi connectivity index (χ2v) is 10.4. The van der Waals surface area contributed by atoms with Crippen molar-refractivity contribution in [1.29, 1.82) is 0 Å². The van der Waals surface area contributed by atoms with Gasteiger partial charge in [0.05, 0.1) is 0 Å². The van der Waals surface area contributed by atoms with E-state index in [0.717, 1.165) is 0 Å². The number of nitrogens with zero attached hydrogens (tertiary/aromatic N) is 1. The van der Waals surface area contributed by atoms with Crippen molar-refractivity contribution in [1.82, 2.24) is 10.2 Å². The van der Waals surface area contributed by atoms with Gasteiger partial charge in [-0.1, -0.05) is 76.0 Å². The van der Waals surface area contributed by atoms with E-state index in [1.807, 2.05) is 38.1 Å². The van der Waals surface area contributed by atoms with Crippen molar-refractivity contribution in [3.8, 4) is 5.75 Å². The van der Waals surface area contributed by atoms with Crippen LogP contribution in [0.25, 0.3) is 0 Å². The molecule has 0 aliphatic carbocycles. The molecule has 0 radical (unpaired) electrons. The van der Waals surface area contributed by atoms with Crippen LogP contribution in [0.3, 0.4) is 0 Å². The molecule has 180 valence electrons. The summed E-state index contributed by atoms with van der Waals surface area (Å²) in [6.45, 7) is 12.5. The van der Waals surface area contributed by atoms with Gasteiger partial charge in [0.15, 0.2) is 6.61 Å². The predicted octanol–water partition coefficient (Wildman–Crippen LogP) is 5.86. The maximum absolute atomic E-state index is 13.2. The Kier molecular flexibility index (Phi) is 9.62. The van der Waals surface area contributed by atoms with Crippen LogP contribution in [0.5, 0.6) is 5.75 Å². The number of amides is 2. The van der Waals surface area contributed by atoms with Crippen LogP contribution >= 0.6 is 23.2 Å². The SMILES string of the molecule is CC(C)CNC(=O)[C@@H](C)N(Cc1c(Cl)cccc1Cl)C(=O)COc1ccc(C(C)(C)C)cc1. The molecule has 0 aliphatic rings. The lowest BCUT2D eigenvalue weighted by Crippen LogP contribution is -2.49. The molecule has 2 rings (SSSR count). The molecule has 5 nitrogen and oxygen atoms in total. The Bertz CT molecular complexity index is 933. The third-order valence-electron chi connectivity index (χ3n) is 5.32. The molecule has 0 aliphatic heterocycles. The summed E-state index contributed by atoms with van der Waals surface area (Å²) >= 11 is 12.7. The van der Waals surface area contributed by atoms with Crippen LogP contribution in [-0.4, -0.2) is 35.9 Å². The third-order valence-corrected chi connectivity index (χ3v) is 6.03. The topological polar surface area (TPSA) is 58.6 Å². The molecule has 0 aromatic heterocycles. The number of carbonyl (C=O) groups is 2. The van der Waals surface area contributed by atoms with E-state index in [9.17, 15) is 9.59 Å². The highest BCUT2D eigenvalue weighted by molar-refractivity contribution is 6.36. The Hall–Kier alpha value is -2.24. The van der Waals surface area contributed by atoms with Gasteiger partial charge >= 0.3 is 0 Å². The molecule has 7 heteroatoms. The first-order valence-electron chi connectivity index (χ1n) is 11.1. The van der Waals surface area contributed by atoms with E-state index in [4.69, 9.17) is 27.9 Å². The van der Waals surface area contributed by atoms with E-state index in [0.29, 0.717) is 33.8 Å². The van der Waals surface area contributed by atoms with Gasteiger partial charge in [-0.05, 0) is 48.1 Å². The Morgan fingerprint density at radius 3 is 2.09 bits per heavy atom. The lowest BCUT2D eigenvalue weighted by molar-refractivity contribution is -0.142. The van der Waals surface area contributed by atoms with Crippen LogP contribution in [0.1, 0.15) is 52.7 Å². The molecule has 1 N–H and O–H groups in total. The van der Waals surface area contributed by atoms with Gasteiger partial charge in [-0.25, -0.2) is 0 Å². The van der Waals surface area contributed by atoms with Crippen molar-refractivity contribution in [3.63, 3.8) is 0 Å². The summed E-state index contributed by atoms with van der Waals surface area (Å²) in [7, 11) is 0. The summed E-state index contributed by atoms with van der Waals surface area (Å²) in [6, 6.07) is 12.1. The van der Waals surface area contributed by atoms with Gasteiger partial charge in [-0.15, -0.1) is 0 Å². The van der Waals surface area contributed by atoms with E-state index >= 15 is 0 Å². The zero-order valence-electron chi connectivity index (χ0n) is 20.2. The average molecular weight is 493 g/mol. The van der Waals surface area contributed by atoms with Crippen molar-refractivity contribution in [2.75, 3.05) is 13.2 Å². The standard InChI is InChI=1S/C26H34Cl2N2O3/c1-17(2)14-29-25(32)18(3)30(15-21-22(27)8-7-9-23(21)28)24(31)16-33-20-12-10-19(11-13-20)26(4,5)6/h7-13,17-18H,14-16H2,1-6H3,(H,29,32)/t18-/m1/s1.